The lowest BCUT2D eigenvalue weighted by Gasteiger charge is -2.15. The quantitative estimate of drug-likeness (QED) is 0.512. The van der Waals surface area contributed by atoms with Gasteiger partial charge < -0.3 is 24.3 Å². The van der Waals surface area contributed by atoms with E-state index in [4.69, 9.17) is 18.9 Å². The number of anilines is 1. The summed E-state index contributed by atoms with van der Waals surface area (Å²) < 4.78 is 21.1. The fraction of sp³-hybridized carbons (Fsp3) is 0.273. The molecule has 0 unspecified atom stereocenters. The number of hydrogen-bond donors (Lipinski definition) is 1. The molecule has 2 aromatic carbocycles. The lowest BCUT2D eigenvalue weighted by Crippen LogP contribution is -2.29. The van der Waals surface area contributed by atoms with Gasteiger partial charge >= 0.3 is 5.97 Å². The highest BCUT2D eigenvalue weighted by molar-refractivity contribution is 5.97. The highest BCUT2D eigenvalue weighted by Gasteiger charge is 2.18. The monoisotopic (exact) mass is 399 g/mol. The predicted octanol–water partition coefficient (Wildman–Crippen LogP) is 3.69. The number of para-hydroxylation sites is 2. The summed E-state index contributed by atoms with van der Waals surface area (Å²) in [5.41, 5.74) is 1.19. The lowest BCUT2D eigenvalue weighted by atomic mass is 10.1. The average Bonchev–Trinajstić information content (AvgIpc) is 2.73. The van der Waals surface area contributed by atoms with Crippen molar-refractivity contribution in [2.45, 2.75) is 20.0 Å². The molecule has 0 saturated carbocycles. The summed E-state index contributed by atoms with van der Waals surface area (Å²) in [6.07, 6.45) is 1.80. The van der Waals surface area contributed by atoms with E-state index >= 15 is 0 Å². The van der Waals surface area contributed by atoms with Gasteiger partial charge in [-0.05, 0) is 44.2 Å². The summed E-state index contributed by atoms with van der Waals surface area (Å²) in [5, 5.41) is 2.71. The molecule has 0 fully saturated rings. The summed E-state index contributed by atoms with van der Waals surface area (Å²) in [7, 11) is 3.08. The van der Waals surface area contributed by atoms with Crippen LogP contribution in [0.15, 0.2) is 48.5 Å². The topological polar surface area (TPSA) is 83.1 Å². The second-order valence-corrected chi connectivity index (χ2v) is 5.94. The molecular formula is C22H25NO6. The maximum atomic E-state index is 12.3. The van der Waals surface area contributed by atoms with Crippen LogP contribution in [0.5, 0.6) is 17.2 Å². The number of carbonyl (C=O) groups excluding carboxylic acids is 2. The van der Waals surface area contributed by atoms with Gasteiger partial charge in [-0.3, -0.25) is 4.79 Å². The molecule has 2 rings (SSSR count). The molecule has 0 spiro atoms. The molecule has 0 saturated heterocycles. The average molecular weight is 399 g/mol. The fourth-order valence-corrected chi connectivity index (χ4v) is 2.47. The summed E-state index contributed by atoms with van der Waals surface area (Å²) in [6, 6.07) is 12.3. The number of benzene rings is 2. The highest BCUT2D eigenvalue weighted by atomic mass is 16.5. The number of ether oxygens (including phenoxy) is 4. The standard InChI is InChI=1S/C22H25NO6/c1-5-28-19-9-7-6-8-18(19)23-22(25)15(2)29-21(24)13-11-16-10-12-17(26-3)14-20(16)27-4/h6-15H,5H2,1-4H3,(H,23,25)/t15-/m1/s1. The Bertz CT molecular complexity index is 877. The molecule has 7 nitrogen and oxygen atoms in total. The van der Waals surface area contributed by atoms with Gasteiger partial charge in [0.15, 0.2) is 6.10 Å². The Hall–Kier alpha value is -3.48. The van der Waals surface area contributed by atoms with Crippen molar-refractivity contribution < 1.29 is 28.5 Å². The molecule has 0 aliphatic heterocycles. The molecule has 0 radical (unpaired) electrons. The number of nitrogens with one attached hydrogen (secondary N) is 1. The molecule has 0 aromatic heterocycles. The maximum absolute atomic E-state index is 12.3. The summed E-state index contributed by atoms with van der Waals surface area (Å²) in [5.74, 6) is 0.629. The second kappa shape index (κ2) is 10.8. The maximum Gasteiger partial charge on any atom is 0.331 e. The minimum atomic E-state index is -0.986. The Morgan fingerprint density at radius 3 is 2.52 bits per heavy atom. The van der Waals surface area contributed by atoms with Gasteiger partial charge in [0, 0.05) is 17.7 Å². The Morgan fingerprint density at radius 2 is 1.83 bits per heavy atom. The smallest absolute Gasteiger partial charge is 0.331 e. The molecular weight excluding hydrogens is 374 g/mol. The largest absolute Gasteiger partial charge is 0.497 e. The third-order valence-corrected chi connectivity index (χ3v) is 3.95. The number of carbonyl (C=O) groups is 2. The third kappa shape index (κ3) is 6.27. The van der Waals surface area contributed by atoms with E-state index < -0.39 is 18.0 Å². The van der Waals surface area contributed by atoms with Crippen LogP contribution < -0.4 is 19.5 Å². The van der Waals surface area contributed by atoms with Crippen LogP contribution >= 0.6 is 0 Å². The minimum absolute atomic E-state index is 0.457. The van der Waals surface area contributed by atoms with Crippen LogP contribution in [0, 0.1) is 0 Å². The van der Waals surface area contributed by atoms with Crippen LogP contribution in [0.1, 0.15) is 19.4 Å². The molecule has 1 N–H and O–H groups in total. The van der Waals surface area contributed by atoms with Gasteiger partial charge in [0.25, 0.3) is 5.91 Å². The van der Waals surface area contributed by atoms with E-state index in [0.29, 0.717) is 35.1 Å². The number of rotatable bonds is 9. The normalized spacial score (nSPS) is 11.6. The fourth-order valence-electron chi connectivity index (χ4n) is 2.47. The van der Waals surface area contributed by atoms with E-state index in [9.17, 15) is 9.59 Å². The highest BCUT2D eigenvalue weighted by Crippen LogP contribution is 2.26. The SMILES string of the molecule is CCOc1ccccc1NC(=O)[C@@H](C)OC(=O)C=Cc1ccc(OC)cc1OC. The first-order valence-corrected chi connectivity index (χ1v) is 9.11. The van der Waals surface area contributed by atoms with Crippen molar-refractivity contribution in [3.8, 4) is 17.2 Å². The van der Waals surface area contributed by atoms with E-state index in [1.54, 1.807) is 49.6 Å². The van der Waals surface area contributed by atoms with Gasteiger partial charge in [-0.1, -0.05) is 12.1 Å². The molecule has 1 amide bonds. The molecule has 1 atom stereocenters. The summed E-state index contributed by atoms with van der Waals surface area (Å²) in [6.45, 7) is 3.82. The zero-order valence-corrected chi connectivity index (χ0v) is 16.9. The predicted molar refractivity (Wildman–Crippen MR) is 110 cm³/mol. The van der Waals surface area contributed by atoms with Crippen molar-refractivity contribution in [1.29, 1.82) is 0 Å². The molecule has 2 aromatic rings. The first kappa shape index (κ1) is 21.8. The van der Waals surface area contributed by atoms with Gasteiger partial charge in [-0.25, -0.2) is 4.79 Å². The van der Waals surface area contributed by atoms with E-state index in [0.717, 1.165) is 0 Å². The van der Waals surface area contributed by atoms with Crippen LogP contribution in [0.4, 0.5) is 5.69 Å². The number of esters is 1. The van der Waals surface area contributed by atoms with E-state index in [-0.39, 0.29) is 0 Å². The molecule has 0 heterocycles. The molecule has 29 heavy (non-hydrogen) atoms. The Kier molecular flexibility index (Phi) is 8.09. The van der Waals surface area contributed by atoms with Gasteiger partial charge in [-0.2, -0.15) is 0 Å². The summed E-state index contributed by atoms with van der Waals surface area (Å²) >= 11 is 0. The van der Waals surface area contributed by atoms with E-state index in [1.807, 2.05) is 13.0 Å². The second-order valence-electron chi connectivity index (χ2n) is 5.94. The molecule has 154 valence electrons. The van der Waals surface area contributed by atoms with Gasteiger partial charge in [0.05, 0.1) is 26.5 Å². The minimum Gasteiger partial charge on any atom is -0.497 e. The van der Waals surface area contributed by atoms with Crippen molar-refractivity contribution in [2.24, 2.45) is 0 Å². The first-order chi connectivity index (χ1) is 14.0. The van der Waals surface area contributed by atoms with E-state index in [1.165, 1.54) is 20.1 Å². The van der Waals surface area contributed by atoms with Crippen molar-refractivity contribution >= 4 is 23.6 Å². The number of amides is 1. The summed E-state index contributed by atoms with van der Waals surface area (Å²) in [4.78, 5) is 24.4. The van der Waals surface area contributed by atoms with Crippen LogP contribution in [0.3, 0.4) is 0 Å². The van der Waals surface area contributed by atoms with Gasteiger partial charge in [0.1, 0.15) is 17.2 Å². The van der Waals surface area contributed by atoms with Crippen molar-refractivity contribution in [2.75, 3.05) is 26.1 Å². The van der Waals surface area contributed by atoms with Crippen molar-refractivity contribution in [3.05, 3.63) is 54.1 Å². The zero-order valence-electron chi connectivity index (χ0n) is 16.9. The third-order valence-electron chi connectivity index (χ3n) is 3.95. The van der Waals surface area contributed by atoms with Crippen LogP contribution in [-0.2, 0) is 14.3 Å². The Balaban J connectivity index is 1.98. The van der Waals surface area contributed by atoms with Crippen LogP contribution in [-0.4, -0.2) is 38.8 Å². The Labute approximate surface area is 170 Å². The molecule has 0 aliphatic rings. The van der Waals surface area contributed by atoms with Gasteiger partial charge in [0.2, 0.25) is 0 Å². The molecule has 0 aliphatic carbocycles. The van der Waals surface area contributed by atoms with E-state index in [2.05, 4.69) is 5.32 Å². The Morgan fingerprint density at radius 1 is 1.07 bits per heavy atom. The van der Waals surface area contributed by atoms with Crippen LogP contribution in [0.2, 0.25) is 0 Å². The lowest BCUT2D eigenvalue weighted by molar-refractivity contribution is -0.148. The number of methoxy groups -OCH3 is 2. The van der Waals surface area contributed by atoms with Crippen LogP contribution in [0.25, 0.3) is 6.08 Å². The van der Waals surface area contributed by atoms with Crippen molar-refractivity contribution in [3.63, 3.8) is 0 Å². The number of hydrogen-bond acceptors (Lipinski definition) is 6. The first-order valence-electron chi connectivity index (χ1n) is 9.11. The zero-order chi connectivity index (χ0) is 21.2. The molecule has 7 heteroatoms. The van der Waals surface area contributed by atoms with Crippen molar-refractivity contribution in [1.82, 2.24) is 0 Å². The van der Waals surface area contributed by atoms with Gasteiger partial charge in [-0.15, -0.1) is 0 Å². The molecule has 0 bridgehead atoms.